The fraction of sp³-hybridized carbons (Fsp3) is 0.758. The largest absolute Gasteiger partial charge is 0.352 e. The van der Waals surface area contributed by atoms with Crippen molar-refractivity contribution >= 4 is 21.8 Å². The molecular formula is C33H49NO5S. The summed E-state index contributed by atoms with van der Waals surface area (Å²) in [6.45, 7) is 7.34. The molecule has 2 N–H and O–H groups in total. The number of hydrogen-bond donors (Lipinski definition) is 2. The number of benzene rings is 1. The molecule has 4 aliphatic rings. The van der Waals surface area contributed by atoms with Crippen molar-refractivity contribution in [3.8, 4) is 0 Å². The Labute approximate surface area is 241 Å². The summed E-state index contributed by atoms with van der Waals surface area (Å²) in [5.41, 5.74) is 1.57. The zero-order valence-electron chi connectivity index (χ0n) is 24.6. The molecule has 4 fully saturated rings. The second kappa shape index (κ2) is 11.5. The van der Waals surface area contributed by atoms with Gasteiger partial charge in [0.25, 0.3) is 10.1 Å². The van der Waals surface area contributed by atoms with Crippen LogP contribution in [0, 0.1) is 46.3 Å². The van der Waals surface area contributed by atoms with Gasteiger partial charge in [0.15, 0.2) is 0 Å². The van der Waals surface area contributed by atoms with Crippen LogP contribution in [0.5, 0.6) is 0 Å². The van der Waals surface area contributed by atoms with E-state index in [1.54, 1.807) is 0 Å². The number of Topliss-reactive ketones (excluding diaryl/α,β-unsaturated/α-hetero) is 1. The molecule has 0 bridgehead atoms. The van der Waals surface area contributed by atoms with E-state index >= 15 is 0 Å². The maximum Gasteiger partial charge on any atom is 0.266 e. The first kappa shape index (κ1) is 29.8. The number of carbonyl (C=O) groups excluding carboxylic acids is 2. The minimum absolute atomic E-state index is 0.141. The van der Waals surface area contributed by atoms with Gasteiger partial charge in [-0.2, -0.15) is 8.42 Å². The fourth-order valence-corrected chi connectivity index (χ4v) is 10.9. The molecule has 4 aliphatic carbocycles. The van der Waals surface area contributed by atoms with Crippen molar-refractivity contribution < 1.29 is 22.6 Å². The molecule has 1 aromatic rings. The van der Waals surface area contributed by atoms with Crippen LogP contribution in [0.1, 0.15) is 97.0 Å². The summed E-state index contributed by atoms with van der Waals surface area (Å²) in [6, 6.07) is 8.80. The Bertz CT molecular complexity index is 1180. The van der Waals surface area contributed by atoms with E-state index in [1.807, 2.05) is 30.3 Å². The molecule has 222 valence electrons. The number of ketones is 1. The van der Waals surface area contributed by atoms with Gasteiger partial charge in [0.1, 0.15) is 5.78 Å². The highest BCUT2D eigenvalue weighted by Crippen LogP contribution is 2.68. The SMILES string of the molecule is C[C@H](CCC(=O)N[C@@H](Cc1ccccc1)CS(=O)(=O)O)[C@H]1CC[C@H]2[C@@H]3CC[C@@H]4CC(=O)CC[C@]4(C)[C@H]3CC[C@]12C. The third kappa shape index (κ3) is 6.06. The molecule has 0 unspecified atom stereocenters. The van der Waals surface area contributed by atoms with E-state index in [9.17, 15) is 22.6 Å². The second-order valence-corrected chi connectivity index (χ2v) is 15.8. The number of hydrogen-bond acceptors (Lipinski definition) is 4. The molecule has 5 rings (SSSR count). The van der Waals surface area contributed by atoms with E-state index in [-0.39, 0.29) is 5.91 Å². The zero-order valence-corrected chi connectivity index (χ0v) is 25.4. The highest BCUT2D eigenvalue weighted by Gasteiger charge is 2.60. The molecule has 0 spiro atoms. The topological polar surface area (TPSA) is 101 Å². The van der Waals surface area contributed by atoms with Crippen LogP contribution in [0.2, 0.25) is 0 Å². The standard InChI is InChI=1S/C33H49NO5S/c1-22(9-14-31(36)34-25(21-40(37,38)39)19-23-7-5-4-6-8-23)28-12-13-29-27-11-10-24-20-26(35)15-17-32(24,2)30(27)16-18-33(28,29)3/h4-8,22,24-25,27-30H,9-21H2,1-3H3,(H,34,36)(H,37,38,39)/t22-,24-,25+,27+,28-,29+,30+,32+,33-/m1/s1. The first-order valence-corrected chi connectivity index (χ1v) is 17.3. The molecule has 0 saturated heterocycles. The number of rotatable bonds is 9. The Morgan fingerprint density at radius 2 is 1.75 bits per heavy atom. The van der Waals surface area contributed by atoms with Crippen LogP contribution >= 0.6 is 0 Å². The Kier molecular flexibility index (Phi) is 8.56. The maximum absolute atomic E-state index is 13.0. The van der Waals surface area contributed by atoms with Gasteiger partial charge in [0.05, 0.1) is 5.75 Å². The highest BCUT2D eigenvalue weighted by atomic mass is 32.2. The molecule has 0 radical (unpaired) electrons. The number of carbonyl (C=O) groups is 2. The molecule has 6 nitrogen and oxygen atoms in total. The predicted octanol–water partition coefficient (Wildman–Crippen LogP) is 6.25. The summed E-state index contributed by atoms with van der Waals surface area (Å²) in [4.78, 5) is 25.2. The van der Waals surface area contributed by atoms with Crippen LogP contribution in [0.4, 0.5) is 0 Å². The third-order valence-electron chi connectivity index (χ3n) is 12.2. The average molecular weight is 572 g/mol. The van der Waals surface area contributed by atoms with E-state index in [0.717, 1.165) is 49.0 Å². The van der Waals surface area contributed by atoms with Crippen LogP contribution in [0.3, 0.4) is 0 Å². The minimum atomic E-state index is -4.21. The first-order chi connectivity index (χ1) is 18.9. The fourth-order valence-electron chi connectivity index (χ4n) is 10.2. The van der Waals surface area contributed by atoms with Crippen LogP contribution in [0.25, 0.3) is 0 Å². The van der Waals surface area contributed by atoms with Crippen molar-refractivity contribution in [1.29, 1.82) is 0 Å². The molecule has 0 aliphatic heterocycles. The summed E-state index contributed by atoms with van der Waals surface area (Å²) >= 11 is 0. The average Bonchev–Trinajstić information content (AvgIpc) is 3.24. The van der Waals surface area contributed by atoms with Gasteiger partial charge < -0.3 is 5.32 Å². The van der Waals surface area contributed by atoms with E-state index in [2.05, 4.69) is 26.1 Å². The third-order valence-corrected chi connectivity index (χ3v) is 13.0. The van der Waals surface area contributed by atoms with Gasteiger partial charge in [0.2, 0.25) is 5.91 Å². The molecular weight excluding hydrogens is 522 g/mol. The minimum Gasteiger partial charge on any atom is -0.352 e. The van der Waals surface area contributed by atoms with E-state index in [4.69, 9.17) is 0 Å². The van der Waals surface area contributed by atoms with Gasteiger partial charge in [-0.15, -0.1) is 0 Å². The number of fused-ring (bicyclic) bond motifs is 5. The summed E-state index contributed by atoms with van der Waals surface area (Å²) in [7, 11) is -4.21. The Hall–Kier alpha value is -1.73. The second-order valence-electron chi connectivity index (χ2n) is 14.3. The van der Waals surface area contributed by atoms with Crippen molar-refractivity contribution in [1.82, 2.24) is 5.32 Å². The normalized spacial score (nSPS) is 37.1. The molecule has 0 heterocycles. The first-order valence-electron chi connectivity index (χ1n) is 15.7. The van der Waals surface area contributed by atoms with Gasteiger partial charge >= 0.3 is 0 Å². The molecule has 0 aromatic heterocycles. The molecule has 1 aromatic carbocycles. The van der Waals surface area contributed by atoms with E-state index in [0.29, 0.717) is 47.2 Å². The molecule has 4 saturated carbocycles. The van der Waals surface area contributed by atoms with Gasteiger partial charge in [-0.1, -0.05) is 51.1 Å². The Balaban J connectivity index is 1.19. The monoisotopic (exact) mass is 571 g/mol. The summed E-state index contributed by atoms with van der Waals surface area (Å²) in [5, 5.41) is 2.90. The summed E-state index contributed by atoms with van der Waals surface area (Å²) in [6.07, 6.45) is 11.7. The smallest absolute Gasteiger partial charge is 0.266 e. The van der Waals surface area contributed by atoms with E-state index in [1.165, 1.54) is 38.5 Å². The van der Waals surface area contributed by atoms with Crippen molar-refractivity contribution in [2.75, 3.05) is 5.75 Å². The highest BCUT2D eigenvalue weighted by molar-refractivity contribution is 7.85. The lowest BCUT2D eigenvalue weighted by atomic mass is 9.44. The van der Waals surface area contributed by atoms with E-state index < -0.39 is 21.9 Å². The van der Waals surface area contributed by atoms with Gasteiger partial charge in [-0.05, 0) is 110 Å². The molecule has 7 heteroatoms. The van der Waals surface area contributed by atoms with Gasteiger partial charge in [-0.3, -0.25) is 14.1 Å². The predicted molar refractivity (Wildman–Crippen MR) is 157 cm³/mol. The Morgan fingerprint density at radius 3 is 2.48 bits per heavy atom. The lowest BCUT2D eigenvalue weighted by molar-refractivity contribution is -0.140. The Morgan fingerprint density at radius 1 is 1.02 bits per heavy atom. The number of amides is 1. The van der Waals surface area contributed by atoms with Crippen molar-refractivity contribution in [3.05, 3.63) is 35.9 Å². The van der Waals surface area contributed by atoms with Crippen LogP contribution in [0.15, 0.2) is 30.3 Å². The van der Waals surface area contributed by atoms with Crippen molar-refractivity contribution in [2.24, 2.45) is 46.3 Å². The lowest BCUT2D eigenvalue weighted by Gasteiger charge is -2.60. The summed E-state index contributed by atoms with van der Waals surface area (Å²) < 4.78 is 32.7. The maximum atomic E-state index is 13.0. The van der Waals surface area contributed by atoms with Crippen molar-refractivity contribution in [2.45, 2.75) is 104 Å². The van der Waals surface area contributed by atoms with Crippen LogP contribution < -0.4 is 5.32 Å². The van der Waals surface area contributed by atoms with Gasteiger partial charge in [0, 0.05) is 25.3 Å². The zero-order chi connectivity index (χ0) is 28.7. The van der Waals surface area contributed by atoms with Crippen molar-refractivity contribution in [3.63, 3.8) is 0 Å². The van der Waals surface area contributed by atoms with Gasteiger partial charge in [-0.25, -0.2) is 0 Å². The molecule has 9 atom stereocenters. The number of nitrogens with one attached hydrogen (secondary N) is 1. The molecule has 40 heavy (non-hydrogen) atoms. The summed E-state index contributed by atoms with van der Waals surface area (Å²) in [5.74, 6) is 3.72. The molecule has 1 amide bonds. The quantitative estimate of drug-likeness (QED) is 0.342. The van der Waals surface area contributed by atoms with Crippen LogP contribution in [-0.2, 0) is 26.1 Å². The lowest BCUT2D eigenvalue weighted by Crippen LogP contribution is -2.53. The van der Waals surface area contributed by atoms with Crippen LogP contribution in [-0.4, -0.2) is 36.5 Å².